The molecule has 0 saturated carbocycles. The minimum absolute atomic E-state index is 0.0289. The quantitative estimate of drug-likeness (QED) is 0.460. The van der Waals surface area contributed by atoms with E-state index in [2.05, 4.69) is 10.5 Å². The molecule has 11 heteroatoms. The lowest BCUT2D eigenvalue weighted by atomic mass is 10.1. The number of amides is 1. The number of nitrogens with zero attached hydrogens (tertiary/aromatic N) is 1. The first-order chi connectivity index (χ1) is 14.1. The summed E-state index contributed by atoms with van der Waals surface area (Å²) in [6.07, 6.45) is -4.50. The Labute approximate surface area is 183 Å². The first-order valence-electron chi connectivity index (χ1n) is 8.31. The lowest BCUT2D eigenvalue weighted by Gasteiger charge is -2.10. The number of aromatic nitrogens is 1. The number of hydrogen-bond acceptors (Lipinski definition) is 4. The second-order valence-corrected chi connectivity index (χ2v) is 7.28. The Hall–Kier alpha value is -2.42. The smallest absolute Gasteiger partial charge is 0.416 e. The maximum atomic E-state index is 12.7. The van der Waals surface area contributed by atoms with Crippen molar-refractivity contribution in [2.75, 3.05) is 0 Å². The van der Waals surface area contributed by atoms with Crippen molar-refractivity contribution < 1.29 is 27.2 Å². The number of benzene rings is 2. The number of alkyl halides is 3. The Kier molecular flexibility index (Phi) is 6.80. The molecule has 0 spiro atoms. The van der Waals surface area contributed by atoms with Crippen LogP contribution in [-0.4, -0.2) is 11.1 Å². The molecule has 2 aromatic carbocycles. The summed E-state index contributed by atoms with van der Waals surface area (Å²) in [7, 11) is 0. The van der Waals surface area contributed by atoms with E-state index in [1.165, 1.54) is 18.2 Å². The van der Waals surface area contributed by atoms with Crippen LogP contribution in [0.1, 0.15) is 27.4 Å². The van der Waals surface area contributed by atoms with Crippen LogP contribution in [0.4, 0.5) is 13.2 Å². The standard InChI is InChI=1S/C19H12Cl3F3N2O3/c20-12-3-4-17(15(22)6-12)29-9-13-7-16(27-30-13)18(28)26-8-10-1-2-11(5-14(10)21)19(23,24)25/h1-7H,8-9H2,(H,26,28). The van der Waals surface area contributed by atoms with Gasteiger partial charge < -0.3 is 14.6 Å². The number of carbonyl (C=O) groups is 1. The highest BCUT2D eigenvalue weighted by atomic mass is 35.5. The van der Waals surface area contributed by atoms with E-state index in [9.17, 15) is 18.0 Å². The number of ether oxygens (including phenoxy) is 1. The Morgan fingerprint density at radius 3 is 2.50 bits per heavy atom. The van der Waals surface area contributed by atoms with Gasteiger partial charge in [0.15, 0.2) is 11.5 Å². The van der Waals surface area contributed by atoms with Gasteiger partial charge in [0.25, 0.3) is 5.91 Å². The summed E-state index contributed by atoms with van der Waals surface area (Å²) in [5.74, 6) is 0.0460. The third kappa shape index (κ3) is 5.59. The molecule has 3 aromatic rings. The number of halogens is 6. The van der Waals surface area contributed by atoms with Crippen molar-refractivity contribution in [3.8, 4) is 5.75 Å². The van der Waals surface area contributed by atoms with E-state index in [-0.39, 0.29) is 29.6 Å². The molecule has 0 atom stereocenters. The van der Waals surface area contributed by atoms with Crippen molar-refractivity contribution in [2.45, 2.75) is 19.3 Å². The molecule has 3 rings (SSSR count). The van der Waals surface area contributed by atoms with Gasteiger partial charge in [-0.1, -0.05) is 46.0 Å². The lowest BCUT2D eigenvalue weighted by Crippen LogP contribution is -2.23. The third-order valence-electron chi connectivity index (χ3n) is 3.88. The molecule has 0 radical (unpaired) electrons. The first kappa shape index (κ1) is 22.3. The van der Waals surface area contributed by atoms with Gasteiger partial charge >= 0.3 is 6.18 Å². The summed E-state index contributed by atoms with van der Waals surface area (Å²) in [5.41, 5.74) is -0.578. The Morgan fingerprint density at radius 2 is 1.83 bits per heavy atom. The van der Waals surface area contributed by atoms with Crippen LogP contribution in [0, 0.1) is 0 Å². The van der Waals surface area contributed by atoms with Gasteiger partial charge in [-0.2, -0.15) is 13.2 Å². The summed E-state index contributed by atoms with van der Waals surface area (Å²) < 4.78 is 48.6. The van der Waals surface area contributed by atoms with Crippen molar-refractivity contribution in [3.63, 3.8) is 0 Å². The van der Waals surface area contributed by atoms with Crippen LogP contribution in [0.5, 0.6) is 5.75 Å². The van der Waals surface area contributed by atoms with Crippen LogP contribution >= 0.6 is 34.8 Å². The average Bonchev–Trinajstić information content (AvgIpc) is 3.14. The monoisotopic (exact) mass is 478 g/mol. The first-order valence-corrected chi connectivity index (χ1v) is 9.44. The Morgan fingerprint density at radius 1 is 1.07 bits per heavy atom. The van der Waals surface area contributed by atoms with Crippen molar-refractivity contribution >= 4 is 40.7 Å². The highest BCUT2D eigenvalue weighted by Gasteiger charge is 2.30. The van der Waals surface area contributed by atoms with E-state index >= 15 is 0 Å². The van der Waals surface area contributed by atoms with E-state index < -0.39 is 17.6 Å². The molecule has 1 heterocycles. The van der Waals surface area contributed by atoms with Crippen LogP contribution in [0.25, 0.3) is 0 Å². The molecular weight excluding hydrogens is 468 g/mol. The zero-order chi connectivity index (χ0) is 21.9. The van der Waals surface area contributed by atoms with Gasteiger partial charge in [-0.3, -0.25) is 4.79 Å². The minimum atomic E-state index is -4.50. The summed E-state index contributed by atoms with van der Waals surface area (Å²) in [5, 5.41) is 6.82. The van der Waals surface area contributed by atoms with E-state index in [0.717, 1.165) is 12.1 Å². The molecule has 5 nitrogen and oxygen atoms in total. The number of hydrogen-bond donors (Lipinski definition) is 1. The second-order valence-electron chi connectivity index (χ2n) is 6.03. The summed E-state index contributed by atoms with van der Waals surface area (Å²) in [4.78, 5) is 12.2. The number of rotatable bonds is 6. The van der Waals surface area contributed by atoms with E-state index in [1.807, 2.05) is 0 Å². The van der Waals surface area contributed by atoms with Crippen LogP contribution < -0.4 is 10.1 Å². The molecule has 0 aliphatic heterocycles. The maximum absolute atomic E-state index is 12.7. The lowest BCUT2D eigenvalue weighted by molar-refractivity contribution is -0.137. The van der Waals surface area contributed by atoms with E-state index in [0.29, 0.717) is 21.4 Å². The van der Waals surface area contributed by atoms with Crippen molar-refractivity contribution in [1.82, 2.24) is 10.5 Å². The van der Waals surface area contributed by atoms with Gasteiger partial charge in [0.2, 0.25) is 0 Å². The fourth-order valence-electron chi connectivity index (χ4n) is 2.36. The predicted molar refractivity (Wildman–Crippen MR) is 105 cm³/mol. The summed E-state index contributed by atoms with van der Waals surface area (Å²) in [6.45, 7) is -0.124. The summed E-state index contributed by atoms with van der Waals surface area (Å²) in [6, 6.07) is 8.97. The van der Waals surface area contributed by atoms with Crippen molar-refractivity contribution in [1.29, 1.82) is 0 Å². The van der Waals surface area contributed by atoms with Gasteiger partial charge in [0, 0.05) is 22.7 Å². The Bertz CT molecular complexity index is 1070. The van der Waals surface area contributed by atoms with Crippen LogP contribution in [0.15, 0.2) is 47.0 Å². The maximum Gasteiger partial charge on any atom is 0.416 e. The van der Waals surface area contributed by atoms with Crippen molar-refractivity contribution in [2.24, 2.45) is 0 Å². The average molecular weight is 480 g/mol. The molecule has 158 valence electrons. The molecule has 30 heavy (non-hydrogen) atoms. The molecule has 0 bridgehead atoms. The number of nitrogens with one attached hydrogen (secondary N) is 1. The molecule has 1 aromatic heterocycles. The fraction of sp³-hybridized carbons (Fsp3) is 0.158. The van der Waals surface area contributed by atoms with E-state index in [4.69, 9.17) is 44.1 Å². The highest BCUT2D eigenvalue weighted by Crippen LogP contribution is 2.32. The molecular formula is C19H12Cl3F3N2O3. The van der Waals surface area contributed by atoms with Gasteiger partial charge in [-0.15, -0.1) is 0 Å². The Balaban J connectivity index is 1.57. The van der Waals surface area contributed by atoms with Crippen molar-refractivity contribution in [3.05, 3.63) is 80.1 Å². The largest absolute Gasteiger partial charge is 0.484 e. The molecule has 1 N–H and O–H groups in total. The van der Waals surface area contributed by atoms with Crippen LogP contribution in [0.2, 0.25) is 15.1 Å². The normalized spacial score (nSPS) is 11.4. The van der Waals surface area contributed by atoms with Gasteiger partial charge in [-0.05, 0) is 35.9 Å². The molecule has 0 saturated heterocycles. The van der Waals surface area contributed by atoms with Gasteiger partial charge in [0.1, 0.15) is 12.4 Å². The molecule has 1 amide bonds. The molecule has 0 aliphatic rings. The minimum Gasteiger partial charge on any atom is -0.484 e. The molecule has 0 aliphatic carbocycles. The van der Waals surface area contributed by atoms with Crippen LogP contribution in [-0.2, 0) is 19.3 Å². The SMILES string of the molecule is O=C(NCc1ccc(C(F)(F)F)cc1Cl)c1cc(COc2ccc(Cl)cc2Cl)on1. The summed E-state index contributed by atoms with van der Waals surface area (Å²) >= 11 is 17.7. The predicted octanol–water partition coefficient (Wildman–Crippen LogP) is 6.16. The highest BCUT2D eigenvalue weighted by molar-refractivity contribution is 6.35. The molecule has 0 unspecified atom stereocenters. The zero-order valence-electron chi connectivity index (χ0n) is 14.9. The third-order valence-corrected chi connectivity index (χ3v) is 4.76. The zero-order valence-corrected chi connectivity index (χ0v) is 17.2. The van der Waals surface area contributed by atoms with Crippen LogP contribution in [0.3, 0.4) is 0 Å². The fourth-order valence-corrected chi connectivity index (χ4v) is 3.07. The van der Waals surface area contributed by atoms with E-state index in [1.54, 1.807) is 12.1 Å². The molecule has 0 fully saturated rings. The van der Waals surface area contributed by atoms with Gasteiger partial charge in [0.05, 0.1) is 10.6 Å². The van der Waals surface area contributed by atoms with Gasteiger partial charge in [-0.25, -0.2) is 0 Å². The second kappa shape index (κ2) is 9.16. The number of carbonyl (C=O) groups excluding carboxylic acids is 1. The topological polar surface area (TPSA) is 64.4 Å².